The van der Waals surface area contributed by atoms with E-state index in [0.717, 1.165) is 23.3 Å². The van der Waals surface area contributed by atoms with E-state index >= 15 is 0 Å². The number of ether oxygens (including phenoxy) is 1. The van der Waals surface area contributed by atoms with Gasteiger partial charge in [-0.15, -0.1) is 0 Å². The van der Waals surface area contributed by atoms with Crippen LogP contribution in [0.15, 0.2) is 30.3 Å². The normalized spacial score (nSPS) is 27.8. The highest BCUT2D eigenvalue weighted by Gasteiger charge is 2.33. The second kappa shape index (κ2) is 5.15. The highest BCUT2D eigenvalue weighted by molar-refractivity contribution is 6.14. The maximum absolute atomic E-state index is 6.06. The van der Waals surface area contributed by atoms with E-state index in [4.69, 9.17) is 4.74 Å². The van der Waals surface area contributed by atoms with Crippen molar-refractivity contribution in [2.45, 2.75) is 37.8 Å². The van der Waals surface area contributed by atoms with Gasteiger partial charge in [0.25, 0.3) is 0 Å². The molecule has 0 aliphatic carbocycles. The van der Waals surface area contributed by atoms with Crippen LogP contribution in [0.3, 0.4) is 0 Å². The Morgan fingerprint density at radius 2 is 2.06 bits per heavy atom. The van der Waals surface area contributed by atoms with Gasteiger partial charge >= 0.3 is 0 Å². The predicted octanol–water partition coefficient (Wildman–Crippen LogP) is 2.13. The maximum Gasteiger partial charge on any atom is 0.0513 e. The third-order valence-corrected chi connectivity index (χ3v) is 5.70. The third-order valence-electron chi connectivity index (χ3n) is 3.93. The molecule has 1 aliphatic rings. The van der Waals surface area contributed by atoms with Gasteiger partial charge in [-0.2, -0.15) is 0 Å². The van der Waals surface area contributed by atoms with E-state index in [1.165, 1.54) is 24.8 Å². The Hall–Kier alpha value is -0.603. The lowest BCUT2D eigenvalue weighted by molar-refractivity contribution is -0.0508. The van der Waals surface area contributed by atoms with E-state index < -0.39 is 0 Å². The lowest BCUT2D eigenvalue weighted by atomic mass is 9.90. The molecule has 0 N–H and O–H groups in total. The number of hydrogen-bond donors (Lipinski definition) is 0. The van der Waals surface area contributed by atoms with Crippen LogP contribution in [-0.2, 0) is 11.2 Å². The summed E-state index contributed by atoms with van der Waals surface area (Å²) in [5.74, 6) is 0.655. The monoisotopic (exact) mass is 234 g/mol. The Labute approximate surface area is 102 Å². The summed E-state index contributed by atoms with van der Waals surface area (Å²) in [5.41, 5.74) is 1.44. The molecule has 0 amide bonds. The molecule has 0 radical (unpaired) electrons. The molecule has 1 aromatic rings. The van der Waals surface area contributed by atoms with Crippen molar-refractivity contribution in [2.75, 3.05) is 6.61 Å². The predicted molar refractivity (Wildman–Crippen MR) is 71.8 cm³/mol. The zero-order valence-electron chi connectivity index (χ0n) is 10.4. The van der Waals surface area contributed by atoms with Crippen molar-refractivity contribution in [1.29, 1.82) is 0 Å². The summed E-state index contributed by atoms with van der Waals surface area (Å²) in [6.07, 6.45) is 5.03. The third kappa shape index (κ3) is 2.74. The van der Waals surface area contributed by atoms with Gasteiger partial charge in [-0.1, -0.05) is 37.3 Å². The van der Waals surface area contributed by atoms with Gasteiger partial charge in [-0.3, -0.25) is 0 Å². The van der Waals surface area contributed by atoms with E-state index in [2.05, 4.69) is 37.3 Å². The number of benzene rings is 1. The average Bonchev–Trinajstić information content (AvgIpc) is 2.31. The molecule has 2 unspecified atom stereocenters. The Morgan fingerprint density at radius 3 is 2.69 bits per heavy atom. The van der Waals surface area contributed by atoms with Crippen LogP contribution in [0, 0.1) is 5.92 Å². The van der Waals surface area contributed by atoms with E-state index in [1.807, 2.05) is 0 Å². The molecule has 88 valence electrons. The molecule has 0 spiro atoms. The van der Waals surface area contributed by atoms with Gasteiger partial charge in [-0.05, 0) is 37.2 Å². The zero-order chi connectivity index (χ0) is 11.4. The van der Waals surface area contributed by atoms with Crippen molar-refractivity contribution in [3.8, 4) is 0 Å². The summed E-state index contributed by atoms with van der Waals surface area (Å²) in [7, 11) is 1.15. The molecular formula is C14H22OSi. The topological polar surface area (TPSA) is 9.23 Å². The first-order chi connectivity index (χ1) is 7.71. The molecular weight excluding hydrogens is 212 g/mol. The summed E-state index contributed by atoms with van der Waals surface area (Å²) >= 11 is 0. The highest BCUT2D eigenvalue weighted by atomic mass is 28.1. The van der Waals surface area contributed by atoms with Crippen LogP contribution in [0.5, 0.6) is 0 Å². The van der Waals surface area contributed by atoms with Crippen LogP contribution in [0.4, 0.5) is 0 Å². The van der Waals surface area contributed by atoms with Crippen molar-refractivity contribution in [2.24, 2.45) is 5.92 Å². The summed E-state index contributed by atoms with van der Waals surface area (Å²) < 4.78 is 6.06. The fraction of sp³-hybridized carbons (Fsp3) is 0.571. The van der Waals surface area contributed by atoms with E-state index in [-0.39, 0.29) is 5.22 Å². The molecule has 1 nitrogen and oxygen atoms in total. The second-order valence-electron chi connectivity index (χ2n) is 5.21. The molecule has 1 fully saturated rings. The largest absolute Gasteiger partial charge is 0.379 e. The first-order valence-corrected chi connectivity index (χ1v) is 7.38. The number of hydrogen-bond acceptors (Lipinski definition) is 1. The fourth-order valence-corrected chi connectivity index (χ4v) is 3.29. The lowest BCUT2D eigenvalue weighted by Crippen LogP contribution is -2.43. The summed E-state index contributed by atoms with van der Waals surface area (Å²) in [6, 6.07) is 10.8. The SMILES string of the molecule is CC(Cc1ccccc1)C1([SiH3])CCCCO1. The molecule has 2 heteroatoms. The van der Waals surface area contributed by atoms with Gasteiger partial charge < -0.3 is 4.74 Å². The molecule has 1 aliphatic heterocycles. The van der Waals surface area contributed by atoms with E-state index in [9.17, 15) is 0 Å². The fourth-order valence-electron chi connectivity index (χ4n) is 2.53. The summed E-state index contributed by atoms with van der Waals surface area (Å²) in [5, 5.41) is 0.230. The van der Waals surface area contributed by atoms with Crippen LogP contribution in [0.25, 0.3) is 0 Å². The van der Waals surface area contributed by atoms with Crippen LogP contribution in [0.2, 0.25) is 0 Å². The van der Waals surface area contributed by atoms with Crippen molar-refractivity contribution in [1.82, 2.24) is 0 Å². The van der Waals surface area contributed by atoms with Crippen LogP contribution < -0.4 is 0 Å². The van der Waals surface area contributed by atoms with Gasteiger partial charge in [0.1, 0.15) is 0 Å². The van der Waals surface area contributed by atoms with Crippen LogP contribution >= 0.6 is 0 Å². The highest BCUT2D eigenvalue weighted by Crippen LogP contribution is 2.31. The second-order valence-corrected chi connectivity index (χ2v) is 6.90. The molecule has 0 bridgehead atoms. The molecule has 2 atom stereocenters. The molecule has 1 heterocycles. The molecule has 0 aromatic heterocycles. The molecule has 1 aromatic carbocycles. The number of rotatable bonds is 3. The van der Waals surface area contributed by atoms with Gasteiger partial charge in [0.05, 0.1) is 5.22 Å². The van der Waals surface area contributed by atoms with Crippen molar-refractivity contribution >= 4 is 10.2 Å². The Bertz CT molecular complexity index is 317. The minimum atomic E-state index is 0.230. The van der Waals surface area contributed by atoms with E-state index in [1.54, 1.807) is 0 Å². The van der Waals surface area contributed by atoms with Crippen molar-refractivity contribution < 1.29 is 4.74 Å². The minimum absolute atomic E-state index is 0.230. The van der Waals surface area contributed by atoms with Gasteiger partial charge in [0.15, 0.2) is 0 Å². The van der Waals surface area contributed by atoms with Gasteiger partial charge in [0, 0.05) is 16.8 Å². The van der Waals surface area contributed by atoms with Crippen LogP contribution in [-0.4, -0.2) is 22.1 Å². The smallest absolute Gasteiger partial charge is 0.0513 e. The standard InChI is InChI=1S/C14H22OSi/c1-12(11-13-7-3-2-4-8-13)14(16)9-5-6-10-15-14/h2-4,7-8,12H,5-6,9-11H2,1,16H3. The zero-order valence-corrected chi connectivity index (χ0v) is 12.4. The van der Waals surface area contributed by atoms with Crippen LogP contribution in [0.1, 0.15) is 31.7 Å². The van der Waals surface area contributed by atoms with Gasteiger partial charge in [-0.25, -0.2) is 0 Å². The lowest BCUT2D eigenvalue weighted by Gasteiger charge is -2.39. The Balaban J connectivity index is 1.99. The molecule has 2 rings (SSSR count). The maximum atomic E-state index is 6.06. The van der Waals surface area contributed by atoms with Crippen molar-refractivity contribution in [3.05, 3.63) is 35.9 Å². The Kier molecular flexibility index (Phi) is 3.82. The van der Waals surface area contributed by atoms with E-state index in [0.29, 0.717) is 5.92 Å². The quantitative estimate of drug-likeness (QED) is 0.728. The average molecular weight is 234 g/mol. The minimum Gasteiger partial charge on any atom is -0.379 e. The first-order valence-electron chi connectivity index (χ1n) is 6.38. The Morgan fingerprint density at radius 1 is 1.31 bits per heavy atom. The molecule has 1 saturated heterocycles. The summed E-state index contributed by atoms with van der Waals surface area (Å²) in [4.78, 5) is 0. The summed E-state index contributed by atoms with van der Waals surface area (Å²) in [6.45, 7) is 3.33. The molecule has 0 saturated carbocycles. The molecule has 16 heavy (non-hydrogen) atoms. The van der Waals surface area contributed by atoms with Crippen molar-refractivity contribution in [3.63, 3.8) is 0 Å². The first kappa shape index (κ1) is 11.9. The van der Waals surface area contributed by atoms with Gasteiger partial charge in [0.2, 0.25) is 0 Å².